The molecule has 0 bridgehead atoms. The van der Waals surface area contributed by atoms with Crippen LogP contribution in [0.4, 0.5) is 5.69 Å². The first-order chi connectivity index (χ1) is 6.20. The summed E-state index contributed by atoms with van der Waals surface area (Å²) in [5, 5.41) is 0. The van der Waals surface area contributed by atoms with Gasteiger partial charge < -0.3 is 4.90 Å². The van der Waals surface area contributed by atoms with E-state index in [2.05, 4.69) is 43.9 Å². The summed E-state index contributed by atoms with van der Waals surface area (Å²) >= 11 is 0. The van der Waals surface area contributed by atoms with Crippen LogP contribution in [0.15, 0.2) is 12.3 Å². The van der Waals surface area contributed by atoms with Crippen molar-refractivity contribution < 1.29 is 4.98 Å². The third-order valence-corrected chi connectivity index (χ3v) is 2.36. The van der Waals surface area contributed by atoms with E-state index in [1.165, 1.54) is 16.9 Å². The molecule has 0 atom stereocenters. The molecule has 2 heteroatoms. The van der Waals surface area contributed by atoms with E-state index >= 15 is 0 Å². The van der Waals surface area contributed by atoms with Crippen LogP contribution in [0, 0.1) is 0 Å². The highest BCUT2D eigenvalue weighted by molar-refractivity contribution is 5.52. The van der Waals surface area contributed by atoms with E-state index in [9.17, 15) is 0 Å². The number of pyridine rings is 1. The van der Waals surface area contributed by atoms with Crippen molar-refractivity contribution >= 4 is 5.69 Å². The number of aryl methyl sites for hydroxylation is 1. The maximum absolute atomic E-state index is 3.31. The maximum Gasteiger partial charge on any atom is 0.184 e. The van der Waals surface area contributed by atoms with Crippen molar-refractivity contribution in [3.05, 3.63) is 23.5 Å². The minimum Gasteiger partial charge on any atom is -0.377 e. The zero-order valence-electron chi connectivity index (χ0n) is 9.02. The van der Waals surface area contributed by atoms with Gasteiger partial charge >= 0.3 is 0 Å². The molecule has 0 aliphatic heterocycles. The number of aromatic amines is 1. The molecule has 0 aliphatic rings. The summed E-state index contributed by atoms with van der Waals surface area (Å²) in [5.74, 6) is 0. The molecule has 0 radical (unpaired) electrons. The van der Waals surface area contributed by atoms with Gasteiger partial charge in [0.2, 0.25) is 0 Å². The van der Waals surface area contributed by atoms with Crippen LogP contribution in [0.5, 0.6) is 0 Å². The molecule has 13 heavy (non-hydrogen) atoms. The van der Waals surface area contributed by atoms with Gasteiger partial charge in [-0.25, -0.2) is 4.98 Å². The van der Waals surface area contributed by atoms with Gasteiger partial charge in [0.1, 0.15) is 0 Å². The Kier molecular flexibility index (Phi) is 3.29. The second kappa shape index (κ2) is 4.26. The fourth-order valence-electron chi connectivity index (χ4n) is 1.69. The van der Waals surface area contributed by atoms with Crippen LogP contribution in [0.1, 0.15) is 25.1 Å². The first-order valence-corrected chi connectivity index (χ1v) is 4.90. The molecule has 1 rings (SSSR count). The predicted molar refractivity (Wildman–Crippen MR) is 56.1 cm³/mol. The molecular formula is C11H19N2+. The van der Waals surface area contributed by atoms with Crippen LogP contribution in [0.2, 0.25) is 0 Å². The summed E-state index contributed by atoms with van der Waals surface area (Å²) in [7, 11) is 4.18. The van der Waals surface area contributed by atoms with Crippen molar-refractivity contribution in [3.8, 4) is 0 Å². The lowest BCUT2D eigenvalue weighted by molar-refractivity contribution is -0.390. The number of hydrogen-bond acceptors (Lipinski definition) is 1. The summed E-state index contributed by atoms with van der Waals surface area (Å²) in [6.07, 6.45) is 4.19. The summed E-state index contributed by atoms with van der Waals surface area (Å²) in [5.41, 5.74) is 4.13. The molecular weight excluding hydrogens is 160 g/mol. The van der Waals surface area contributed by atoms with E-state index in [-0.39, 0.29) is 0 Å². The lowest BCUT2D eigenvalue weighted by Gasteiger charge is -2.15. The number of rotatable bonds is 3. The largest absolute Gasteiger partial charge is 0.377 e. The van der Waals surface area contributed by atoms with E-state index in [1.807, 2.05) is 6.20 Å². The molecule has 0 aliphatic carbocycles. The van der Waals surface area contributed by atoms with Crippen molar-refractivity contribution in [1.82, 2.24) is 0 Å². The van der Waals surface area contributed by atoms with Crippen LogP contribution in [0.25, 0.3) is 0 Å². The molecule has 72 valence electrons. The second-order valence-corrected chi connectivity index (χ2v) is 3.42. The Morgan fingerprint density at radius 3 is 2.38 bits per heavy atom. The summed E-state index contributed by atoms with van der Waals surface area (Å²) in [4.78, 5) is 5.48. The smallest absolute Gasteiger partial charge is 0.184 e. The first-order valence-electron chi connectivity index (χ1n) is 4.90. The van der Waals surface area contributed by atoms with Crippen LogP contribution >= 0.6 is 0 Å². The van der Waals surface area contributed by atoms with Gasteiger partial charge in [0.05, 0.1) is 5.69 Å². The van der Waals surface area contributed by atoms with Gasteiger partial charge in [-0.2, -0.15) is 0 Å². The number of nitrogens with zero attached hydrogens (tertiary/aromatic N) is 1. The summed E-state index contributed by atoms with van der Waals surface area (Å²) in [6.45, 7) is 4.39. The summed E-state index contributed by atoms with van der Waals surface area (Å²) in [6, 6.07) is 2.14. The Balaban J connectivity index is 3.19. The molecule has 0 aromatic carbocycles. The van der Waals surface area contributed by atoms with Gasteiger partial charge in [0, 0.05) is 32.1 Å². The molecule has 1 heterocycles. The minimum absolute atomic E-state index is 1.07. The van der Waals surface area contributed by atoms with Gasteiger partial charge in [-0.3, -0.25) is 0 Å². The fraction of sp³-hybridized carbons (Fsp3) is 0.545. The quantitative estimate of drug-likeness (QED) is 0.690. The minimum atomic E-state index is 1.07. The highest BCUT2D eigenvalue weighted by Crippen LogP contribution is 2.19. The standard InChI is InChI=1S/C11H18N2/c1-5-9-10(6-2)12-8-7-11(9)13(3)4/h7-8H,5-6H2,1-4H3/p+1. The van der Waals surface area contributed by atoms with Crippen LogP contribution < -0.4 is 9.88 Å². The average molecular weight is 179 g/mol. The lowest BCUT2D eigenvalue weighted by Crippen LogP contribution is -2.19. The Hall–Kier alpha value is -1.05. The molecule has 0 saturated heterocycles. The van der Waals surface area contributed by atoms with Gasteiger partial charge in [-0.15, -0.1) is 0 Å². The molecule has 0 spiro atoms. The SMILES string of the molecule is CCc1[nH+]ccc(N(C)C)c1CC. The third-order valence-electron chi connectivity index (χ3n) is 2.36. The van der Waals surface area contributed by atoms with Gasteiger partial charge in [-0.05, 0) is 6.42 Å². The van der Waals surface area contributed by atoms with Gasteiger partial charge in [0.25, 0.3) is 0 Å². The van der Waals surface area contributed by atoms with Crippen molar-refractivity contribution in [3.63, 3.8) is 0 Å². The molecule has 0 fully saturated rings. The predicted octanol–water partition coefficient (Wildman–Crippen LogP) is 1.69. The van der Waals surface area contributed by atoms with E-state index in [0.717, 1.165) is 12.8 Å². The first kappa shape index (κ1) is 10.0. The Morgan fingerprint density at radius 1 is 1.23 bits per heavy atom. The topological polar surface area (TPSA) is 17.4 Å². The Labute approximate surface area is 80.6 Å². The maximum atomic E-state index is 3.31. The van der Waals surface area contributed by atoms with Crippen LogP contribution in [-0.2, 0) is 12.8 Å². The zero-order valence-corrected chi connectivity index (χ0v) is 9.02. The second-order valence-electron chi connectivity index (χ2n) is 3.42. The van der Waals surface area contributed by atoms with Crippen molar-refractivity contribution in [2.75, 3.05) is 19.0 Å². The molecule has 1 N–H and O–H groups in total. The zero-order chi connectivity index (χ0) is 9.84. The van der Waals surface area contributed by atoms with E-state index in [1.54, 1.807) is 0 Å². The molecule has 1 aromatic rings. The Morgan fingerprint density at radius 2 is 1.92 bits per heavy atom. The van der Waals surface area contributed by atoms with E-state index in [0.29, 0.717) is 0 Å². The number of H-pyrrole nitrogens is 1. The molecule has 0 saturated carbocycles. The summed E-state index contributed by atoms with van der Waals surface area (Å²) < 4.78 is 0. The highest BCUT2D eigenvalue weighted by atomic mass is 15.1. The molecule has 0 amide bonds. The molecule has 0 unspecified atom stereocenters. The highest BCUT2D eigenvalue weighted by Gasteiger charge is 2.11. The monoisotopic (exact) mass is 179 g/mol. The number of anilines is 1. The van der Waals surface area contributed by atoms with Gasteiger partial charge in [0.15, 0.2) is 11.9 Å². The average Bonchev–Trinajstić information content (AvgIpc) is 2.16. The molecule has 2 nitrogen and oxygen atoms in total. The third kappa shape index (κ3) is 2.00. The van der Waals surface area contributed by atoms with Crippen molar-refractivity contribution in [1.29, 1.82) is 0 Å². The number of hydrogen-bond donors (Lipinski definition) is 0. The van der Waals surface area contributed by atoms with Crippen molar-refractivity contribution in [2.24, 2.45) is 0 Å². The Bertz CT molecular complexity index is 279. The van der Waals surface area contributed by atoms with Gasteiger partial charge in [-0.1, -0.05) is 13.8 Å². The van der Waals surface area contributed by atoms with Crippen LogP contribution in [0.3, 0.4) is 0 Å². The van der Waals surface area contributed by atoms with Crippen LogP contribution in [-0.4, -0.2) is 14.1 Å². The molecule has 1 aromatic heterocycles. The van der Waals surface area contributed by atoms with E-state index < -0.39 is 0 Å². The van der Waals surface area contributed by atoms with Crippen molar-refractivity contribution in [2.45, 2.75) is 26.7 Å². The number of aromatic nitrogens is 1. The lowest BCUT2D eigenvalue weighted by atomic mass is 10.1. The van der Waals surface area contributed by atoms with E-state index in [4.69, 9.17) is 0 Å². The normalized spacial score (nSPS) is 10.2. The fourth-order valence-corrected chi connectivity index (χ4v) is 1.69. The number of nitrogens with one attached hydrogen (secondary N) is 1.